The lowest BCUT2D eigenvalue weighted by Gasteiger charge is -2.10. The van der Waals surface area contributed by atoms with Gasteiger partial charge in [-0.05, 0) is 56.3 Å². The van der Waals surface area contributed by atoms with Crippen molar-refractivity contribution in [2.24, 2.45) is 0 Å². The van der Waals surface area contributed by atoms with E-state index in [-0.39, 0.29) is 6.10 Å². The van der Waals surface area contributed by atoms with Crippen molar-refractivity contribution < 1.29 is 19.1 Å². The van der Waals surface area contributed by atoms with E-state index in [0.717, 1.165) is 23.3 Å². The molecule has 2 aromatic rings. The van der Waals surface area contributed by atoms with E-state index in [4.69, 9.17) is 21.1 Å². The maximum atomic E-state index is 12.1. The lowest BCUT2D eigenvalue weighted by molar-refractivity contribution is -0.117. The summed E-state index contributed by atoms with van der Waals surface area (Å²) in [4.78, 5) is 24.1. The van der Waals surface area contributed by atoms with E-state index in [1.165, 1.54) is 6.08 Å². The van der Waals surface area contributed by atoms with Crippen LogP contribution in [0.5, 0.6) is 11.5 Å². The van der Waals surface area contributed by atoms with Gasteiger partial charge in [0.25, 0.3) is 11.8 Å². The number of hydrazine groups is 1. The fourth-order valence-electron chi connectivity index (χ4n) is 2.86. The van der Waals surface area contributed by atoms with Crippen molar-refractivity contribution in [2.75, 3.05) is 6.61 Å². The highest BCUT2D eigenvalue weighted by atomic mass is 35.5. The van der Waals surface area contributed by atoms with E-state index in [0.29, 0.717) is 22.9 Å². The third-order valence-corrected chi connectivity index (χ3v) is 4.40. The Bertz CT molecular complexity index is 909. The van der Waals surface area contributed by atoms with Crippen LogP contribution in [0.2, 0.25) is 5.02 Å². The Balaban J connectivity index is 1.64. The zero-order valence-corrected chi connectivity index (χ0v) is 16.4. The highest BCUT2D eigenvalue weighted by Crippen LogP contribution is 2.35. The zero-order valence-electron chi connectivity index (χ0n) is 15.6. The Morgan fingerprint density at radius 2 is 2.00 bits per heavy atom. The zero-order chi connectivity index (χ0) is 20.1. The van der Waals surface area contributed by atoms with Crippen molar-refractivity contribution in [3.05, 3.63) is 64.2 Å². The first-order valence-corrected chi connectivity index (χ1v) is 9.34. The number of ether oxygens (including phenoxy) is 2. The summed E-state index contributed by atoms with van der Waals surface area (Å²) in [5, 5.41) is 0.529. The van der Waals surface area contributed by atoms with E-state index < -0.39 is 11.8 Å². The molecule has 2 aromatic carbocycles. The minimum Gasteiger partial charge on any atom is -0.493 e. The van der Waals surface area contributed by atoms with Gasteiger partial charge in [-0.1, -0.05) is 11.6 Å². The molecule has 0 bridgehead atoms. The molecule has 0 aliphatic carbocycles. The number of fused-ring (bicyclic) bond motifs is 1. The van der Waals surface area contributed by atoms with Gasteiger partial charge in [0.15, 0.2) is 0 Å². The van der Waals surface area contributed by atoms with Crippen LogP contribution in [0.15, 0.2) is 42.5 Å². The highest BCUT2D eigenvalue weighted by Gasteiger charge is 2.21. The predicted octanol–water partition coefficient (Wildman–Crippen LogP) is 3.54. The molecule has 0 saturated heterocycles. The summed E-state index contributed by atoms with van der Waals surface area (Å²) in [6.45, 7) is 4.42. The summed E-state index contributed by atoms with van der Waals surface area (Å²) >= 11 is 5.79. The second kappa shape index (κ2) is 8.80. The van der Waals surface area contributed by atoms with Gasteiger partial charge in [0.05, 0.1) is 6.61 Å². The van der Waals surface area contributed by atoms with Crippen LogP contribution in [0, 0.1) is 0 Å². The van der Waals surface area contributed by atoms with E-state index in [9.17, 15) is 9.59 Å². The largest absolute Gasteiger partial charge is 0.493 e. The number of rotatable bonds is 5. The molecule has 1 aliphatic rings. The van der Waals surface area contributed by atoms with Gasteiger partial charge >= 0.3 is 0 Å². The van der Waals surface area contributed by atoms with Crippen molar-refractivity contribution >= 4 is 29.5 Å². The molecule has 146 valence electrons. The number of nitrogens with one attached hydrogen (secondary N) is 2. The van der Waals surface area contributed by atoms with Gasteiger partial charge < -0.3 is 9.47 Å². The molecule has 0 radical (unpaired) electrons. The van der Waals surface area contributed by atoms with Crippen LogP contribution in [0.1, 0.15) is 35.3 Å². The molecule has 1 atom stereocenters. The average Bonchev–Trinajstić information content (AvgIpc) is 3.03. The summed E-state index contributed by atoms with van der Waals surface area (Å²) in [6.07, 6.45) is 3.90. The maximum Gasteiger partial charge on any atom is 0.269 e. The van der Waals surface area contributed by atoms with Crippen molar-refractivity contribution in [1.29, 1.82) is 0 Å². The van der Waals surface area contributed by atoms with Crippen LogP contribution in [-0.4, -0.2) is 24.5 Å². The third-order valence-electron chi connectivity index (χ3n) is 4.15. The lowest BCUT2D eigenvalue weighted by atomic mass is 10.1. The number of hydrogen-bond donors (Lipinski definition) is 2. The van der Waals surface area contributed by atoms with Gasteiger partial charge in [-0.3, -0.25) is 20.4 Å². The number of amides is 2. The quantitative estimate of drug-likeness (QED) is 0.594. The minimum absolute atomic E-state index is 0.120. The molecule has 1 heterocycles. The maximum absolute atomic E-state index is 12.1. The van der Waals surface area contributed by atoms with Gasteiger partial charge in [-0.25, -0.2) is 0 Å². The van der Waals surface area contributed by atoms with Crippen molar-refractivity contribution in [3.63, 3.8) is 0 Å². The van der Waals surface area contributed by atoms with E-state index >= 15 is 0 Å². The average molecular weight is 401 g/mol. The van der Waals surface area contributed by atoms with Gasteiger partial charge in [0, 0.05) is 34.2 Å². The molecule has 0 aromatic heterocycles. The van der Waals surface area contributed by atoms with Gasteiger partial charge in [0.1, 0.15) is 17.6 Å². The number of carbonyl (C=O) groups is 2. The predicted molar refractivity (Wildman–Crippen MR) is 107 cm³/mol. The van der Waals surface area contributed by atoms with Crippen LogP contribution in [0.3, 0.4) is 0 Å². The van der Waals surface area contributed by atoms with Gasteiger partial charge in [-0.15, -0.1) is 0 Å². The van der Waals surface area contributed by atoms with E-state index in [1.807, 2.05) is 26.0 Å². The number of benzene rings is 2. The Morgan fingerprint density at radius 1 is 1.25 bits per heavy atom. The molecule has 0 unspecified atom stereocenters. The van der Waals surface area contributed by atoms with Crippen LogP contribution in [-0.2, 0) is 11.2 Å². The Labute approximate surface area is 168 Å². The van der Waals surface area contributed by atoms with Crippen LogP contribution in [0.4, 0.5) is 0 Å². The molecule has 2 amide bonds. The van der Waals surface area contributed by atoms with Gasteiger partial charge in [-0.2, -0.15) is 0 Å². The Hall–Kier alpha value is -2.99. The summed E-state index contributed by atoms with van der Waals surface area (Å²) in [5.74, 6) is 0.577. The van der Waals surface area contributed by atoms with Crippen LogP contribution in [0.25, 0.3) is 6.08 Å². The second-order valence-electron chi connectivity index (χ2n) is 6.35. The molecule has 3 rings (SSSR count). The standard InChI is InChI=1S/C21H21ClN2O4/c1-3-27-18-12-16-10-13(2)28-19(16)11-15(18)6-9-20(25)23-24-21(26)14-4-7-17(22)8-5-14/h4-9,11-13H,3,10H2,1-2H3,(H,23,25)(H,24,26)/b9-6+/t13-/m0/s1. The molecule has 1 aliphatic heterocycles. The van der Waals surface area contributed by atoms with Crippen molar-refractivity contribution in [2.45, 2.75) is 26.4 Å². The van der Waals surface area contributed by atoms with E-state index in [2.05, 4.69) is 10.9 Å². The summed E-state index contributed by atoms with van der Waals surface area (Å²) in [6, 6.07) is 10.1. The molecule has 7 heteroatoms. The highest BCUT2D eigenvalue weighted by molar-refractivity contribution is 6.30. The summed E-state index contributed by atoms with van der Waals surface area (Å²) in [5.41, 5.74) is 6.91. The summed E-state index contributed by atoms with van der Waals surface area (Å²) < 4.78 is 11.4. The molecule has 2 N–H and O–H groups in total. The van der Waals surface area contributed by atoms with Crippen molar-refractivity contribution in [3.8, 4) is 11.5 Å². The Morgan fingerprint density at radius 3 is 2.71 bits per heavy atom. The van der Waals surface area contributed by atoms with Gasteiger partial charge in [0.2, 0.25) is 0 Å². The fourth-order valence-corrected chi connectivity index (χ4v) is 2.99. The monoisotopic (exact) mass is 400 g/mol. The first kappa shape index (κ1) is 19.8. The molecule has 0 fully saturated rings. The van der Waals surface area contributed by atoms with Crippen LogP contribution < -0.4 is 20.3 Å². The SMILES string of the molecule is CCOc1cc2c(cc1/C=C/C(=O)NNC(=O)c1ccc(Cl)cc1)O[C@@H](C)C2. The Kier molecular flexibility index (Phi) is 6.21. The molecule has 28 heavy (non-hydrogen) atoms. The molecule has 6 nitrogen and oxygen atoms in total. The minimum atomic E-state index is -0.473. The normalized spacial score (nSPS) is 15.0. The van der Waals surface area contributed by atoms with Crippen molar-refractivity contribution in [1.82, 2.24) is 10.9 Å². The number of hydrogen-bond acceptors (Lipinski definition) is 4. The molecular weight excluding hydrogens is 380 g/mol. The second-order valence-corrected chi connectivity index (χ2v) is 6.78. The first-order valence-electron chi connectivity index (χ1n) is 8.96. The molecular formula is C21H21ClN2O4. The smallest absolute Gasteiger partial charge is 0.269 e. The fraction of sp³-hybridized carbons (Fsp3) is 0.238. The topological polar surface area (TPSA) is 76.7 Å². The summed E-state index contributed by atoms with van der Waals surface area (Å²) in [7, 11) is 0. The number of halogens is 1. The first-order chi connectivity index (χ1) is 13.5. The lowest BCUT2D eigenvalue weighted by Crippen LogP contribution is -2.40. The molecule has 0 saturated carbocycles. The van der Waals surface area contributed by atoms with E-state index in [1.54, 1.807) is 30.3 Å². The molecule has 0 spiro atoms. The third kappa shape index (κ3) is 4.84. The van der Waals surface area contributed by atoms with Crippen LogP contribution >= 0.6 is 11.6 Å². The number of carbonyl (C=O) groups excluding carboxylic acids is 2.